The Bertz CT molecular complexity index is 1090. The SMILES string of the molecule is C.CCOC(=O)C1=C[C@@H](OC(CC)CC)[C@@H](O)[C@H](OS(C)(=O)=O)C1.CCOC(=O)C1=C[C@@H](OC(CC)CC)[C@H]2O[C@H]2C1.O=CO[O-].[Na+]. The molecule has 3 rings (SSSR count). The Hall–Kier alpha value is -1.40. The Kier molecular flexibility index (Phi) is 25.1. The molecular formula is C31H53NaO14S. The summed E-state index contributed by atoms with van der Waals surface area (Å²) < 4.78 is 55.0. The minimum atomic E-state index is -3.78. The molecule has 3 aliphatic rings. The van der Waals surface area contributed by atoms with E-state index in [1.807, 2.05) is 26.8 Å². The third-order valence-electron chi connectivity index (χ3n) is 7.17. The summed E-state index contributed by atoms with van der Waals surface area (Å²) >= 11 is 0. The van der Waals surface area contributed by atoms with E-state index < -0.39 is 34.4 Å². The summed E-state index contributed by atoms with van der Waals surface area (Å²) in [6, 6.07) is 0. The molecule has 0 aromatic heterocycles. The second-order valence-corrected chi connectivity index (χ2v) is 12.1. The van der Waals surface area contributed by atoms with Gasteiger partial charge in [0.1, 0.15) is 30.5 Å². The average Bonchev–Trinajstić information content (AvgIpc) is 3.80. The molecule has 1 aliphatic heterocycles. The Morgan fingerprint density at radius 3 is 1.74 bits per heavy atom. The van der Waals surface area contributed by atoms with Crippen LogP contribution >= 0.6 is 0 Å². The average molecular weight is 705 g/mol. The normalized spacial score (nSPS) is 24.2. The summed E-state index contributed by atoms with van der Waals surface area (Å²) in [7, 11) is -3.78. The maximum atomic E-state index is 12.0. The molecule has 0 radical (unpaired) electrons. The molecule has 2 aliphatic carbocycles. The number of epoxide rings is 1. The second-order valence-electron chi connectivity index (χ2n) is 10.5. The molecule has 0 amide bonds. The molecule has 0 aromatic carbocycles. The predicted octanol–water partition coefficient (Wildman–Crippen LogP) is -0.545. The van der Waals surface area contributed by atoms with Crippen LogP contribution in [0.5, 0.6) is 0 Å². The summed E-state index contributed by atoms with van der Waals surface area (Å²) in [6.07, 6.45) is 5.60. The topological polar surface area (TPSA) is 197 Å². The number of carbonyl (C=O) groups excluding carboxylic acids is 3. The summed E-state index contributed by atoms with van der Waals surface area (Å²) in [6.45, 7) is 12.0. The van der Waals surface area contributed by atoms with Crippen molar-refractivity contribution in [1.82, 2.24) is 0 Å². The fraction of sp³-hybridized carbons (Fsp3) is 0.774. The zero-order valence-electron chi connectivity index (χ0n) is 28.2. The van der Waals surface area contributed by atoms with Gasteiger partial charge >= 0.3 is 41.5 Å². The van der Waals surface area contributed by atoms with Crippen molar-refractivity contribution in [1.29, 1.82) is 0 Å². The standard InChI is InChI=1S/C15H26O7S.C14H22O4.CH2O3.CH4.Na/c1-5-11(6-2)21-12-8-10(15(17)20-7-3)9-13(14(12)16)22-23(4,18)19;1-4-10(5-2)17-11-7-9(14(15)16-6-3)8-12-13(11)18-12;2-1-4-3;;/h8,11-14,16H,5-7,9H2,1-4H3;7,10-13H,4-6,8H2,1-3H3;1,3H;1H4;/q;;;;+1/p-1/t12-,13-,14-;11-,12+,13-;;;/m11.../s1. The molecule has 0 aromatic rings. The van der Waals surface area contributed by atoms with Gasteiger partial charge in [0.2, 0.25) is 0 Å². The van der Waals surface area contributed by atoms with Gasteiger partial charge in [0, 0.05) is 24.0 Å². The van der Waals surface area contributed by atoms with Crippen LogP contribution in [0.4, 0.5) is 0 Å². The predicted molar refractivity (Wildman–Crippen MR) is 165 cm³/mol. The van der Waals surface area contributed by atoms with Crippen molar-refractivity contribution in [2.75, 3.05) is 19.5 Å². The first kappa shape index (κ1) is 47.7. The van der Waals surface area contributed by atoms with Crippen molar-refractivity contribution in [3.63, 3.8) is 0 Å². The van der Waals surface area contributed by atoms with Gasteiger partial charge in [-0.3, -0.25) is 8.98 Å². The molecule has 1 N–H and O–H groups in total. The Balaban J connectivity index is 0. The summed E-state index contributed by atoms with van der Waals surface area (Å²) in [4.78, 5) is 34.9. The van der Waals surface area contributed by atoms with Crippen LogP contribution in [0.2, 0.25) is 0 Å². The van der Waals surface area contributed by atoms with Gasteiger partial charge in [-0.15, -0.1) is 0 Å². The molecule has 0 saturated carbocycles. The first-order valence-electron chi connectivity index (χ1n) is 15.3. The molecular weight excluding hydrogens is 651 g/mol. The zero-order valence-corrected chi connectivity index (χ0v) is 31.0. The van der Waals surface area contributed by atoms with Crippen molar-refractivity contribution >= 4 is 28.5 Å². The molecule has 1 saturated heterocycles. The molecule has 0 bridgehead atoms. The van der Waals surface area contributed by atoms with E-state index in [9.17, 15) is 23.1 Å². The first-order chi connectivity index (χ1) is 21.3. The Labute approximate surface area is 301 Å². The van der Waals surface area contributed by atoms with E-state index in [1.165, 1.54) is 6.08 Å². The number of fused-ring (bicyclic) bond motifs is 1. The fourth-order valence-corrected chi connectivity index (χ4v) is 5.44. The van der Waals surface area contributed by atoms with Crippen LogP contribution < -0.4 is 34.8 Å². The smallest absolute Gasteiger partial charge is 0.662 e. The van der Waals surface area contributed by atoms with Gasteiger partial charge in [-0.05, 0) is 51.7 Å². The molecule has 6 atom stereocenters. The van der Waals surface area contributed by atoms with Gasteiger partial charge in [0.15, 0.2) is 0 Å². The maximum Gasteiger partial charge on any atom is 1.00 e. The molecule has 47 heavy (non-hydrogen) atoms. The molecule has 0 unspecified atom stereocenters. The first-order valence-corrected chi connectivity index (χ1v) is 17.1. The number of rotatable bonds is 15. The number of aliphatic hydroxyl groups is 1. The van der Waals surface area contributed by atoms with Crippen LogP contribution in [0.15, 0.2) is 23.3 Å². The minimum absolute atomic E-state index is 0. The maximum absolute atomic E-state index is 12.0. The van der Waals surface area contributed by atoms with E-state index in [0.29, 0.717) is 18.6 Å². The van der Waals surface area contributed by atoms with Crippen LogP contribution in [-0.4, -0.2) is 100 Å². The largest absolute Gasteiger partial charge is 1.00 e. The fourth-order valence-electron chi connectivity index (χ4n) is 4.81. The third kappa shape index (κ3) is 17.2. The van der Waals surface area contributed by atoms with Crippen molar-refractivity contribution < 1.29 is 95.5 Å². The second kappa shape index (κ2) is 24.7. The molecule has 0 spiro atoms. The van der Waals surface area contributed by atoms with Crippen LogP contribution in [0.25, 0.3) is 0 Å². The van der Waals surface area contributed by atoms with Gasteiger partial charge in [-0.2, -0.15) is 8.42 Å². The van der Waals surface area contributed by atoms with E-state index in [1.54, 1.807) is 6.92 Å². The van der Waals surface area contributed by atoms with E-state index in [0.717, 1.165) is 31.9 Å². The van der Waals surface area contributed by atoms with E-state index in [2.05, 4.69) is 18.7 Å². The van der Waals surface area contributed by atoms with Crippen molar-refractivity contribution in [3.05, 3.63) is 23.3 Å². The van der Waals surface area contributed by atoms with Gasteiger partial charge in [0.25, 0.3) is 16.6 Å². The van der Waals surface area contributed by atoms with Gasteiger partial charge < -0.3 is 38.9 Å². The minimum Gasteiger partial charge on any atom is -0.662 e. The van der Waals surface area contributed by atoms with Crippen molar-refractivity contribution in [2.24, 2.45) is 0 Å². The number of ether oxygens (including phenoxy) is 5. The molecule has 16 heteroatoms. The number of esters is 2. The van der Waals surface area contributed by atoms with E-state index in [-0.39, 0.29) is 98.5 Å². The Morgan fingerprint density at radius 1 is 0.915 bits per heavy atom. The van der Waals surface area contributed by atoms with Crippen LogP contribution in [0, 0.1) is 0 Å². The monoisotopic (exact) mass is 704 g/mol. The van der Waals surface area contributed by atoms with Crippen molar-refractivity contribution in [2.45, 2.75) is 136 Å². The summed E-state index contributed by atoms with van der Waals surface area (Å²) in [5.74, 6) is -0.788. The molecule has 268 valence electrons. The van der Waals surface area contributed by atoms with Crippen LogP contribution in [-0.2, 0) is 57.3 Å². The van der Waals surface area contributed by atoms with Crippen molar-refractivity contribution in [3.8, 4) is 0 Å². The molecule has 14 nitrogen and oxygen atoms in total. The quantitative estimate of drug-likeness (QED) is 0.0434. The van der Waals surface area contributed by atoms with Crippen LogP contribution in [0.3, 0.4) is 0 Å². The van der Waals surface area contributed by atoms with Gasteiger partial charge in [-0.1, -0.05) is 35.1 Å². The molecule has 1 fully saturated rings. The van der Waals surface area contributed by atoms with Gasteiger partial charge in [0.05, 0.1) is 37.8 Å². The summed E-state index contributed by atoms with van der Waals surface area (Å²) in [5.41, 5.74) is 0.952. The molecule has 1 heterocycles. The summed E-state index contributed by atoms with van der Waals surface area (Å²) in [5, 5.41) is 18.8. The Morgan fingerprint density at radius 2 is 1.34 bits per heavy atom. The van der Waals surface area contributed by atoms with E-state index >= 15 is 0 Å². The third-order valence-corrected chi connectivity index (χ3v) is 7.77. The van der Waals surface area contributed by atoms with E-state index in [4.69, 9.17) is 37.9 Å². The van der Waals surface area contributed by atoms with Gasteiger partial charge in [-0.25, -0.2) is 9.59 Å². The number of aliphatic hydroxyl groups excluding tert-OH is 1. The number of carbonyl (C=O) groups is 3. The number of hydrogen-bond acceptors (Lipinski definition) is 14. The zero-order chi connectivity index (χ0) is 34.2. The van der Waals surface area contributed by atoms with Crippen LogP contribution in [0.1, 0.15) is 87.5 Å². The number of hydrogen-bond donors (Lipinski definition) is 1.